The van der Waals surface area contributed by atoms with E-state index < -0.39 is 0 Å². The van der Waals surface area contributed by atoms with E-state index in [-0.39, 0.29) is 11.8 Å². The molecule has 3 aliphatic rings. The second-order valence-corrected chi connectivity index (χ2v) is 17.9. The highest BCUT2D eigenvalue weighted by atomic mass is 16.3. The Morgan fingerprint density at radius 2 is 0.667 bits per heavy atom. The van der Waals surface area contributed by atoms with Crippen LogP contribution in [0.3, 0.4) is 0 Å². The van der Waals surface area contributed by atoms with Crippen molar-refractivity contribution < 1.29 is 4.42 Å². The number of fused-ring (bicyclic) bond motifs is 3. The molecule has 0 radical (unpaired) electrons. The van der Waals surface area contributed by atoms with Crippen LogP contribution in [0.25, 0.3) is 101 Å². The number of hydrogen-bond acceptors (Lipinski definition) is 6. The lowest BCUT2D eigenvalue weighted by atomic mass is 9.60. The normalized spacial score (nSPS) is 14.4. The zero-order chi connectivity index (χ0) is 45.4. The van der Waals surface area contributed by atoms with Gasteiger partial charge in [-0.1, -0.05) is 188 Å². The third-order valence-corrected chi connectivity index (χ3v) is 13.9. The maximum atomic E-state index is 6.12. The number of benzene rings is 9. The van der Waals surface area contributed by atoms with Crippen molar-refractivity contribution in [2.45, 2.75) is 11.8 Å². The molecular formula is C63H39N5O. The Morgan fingerprint density at radius 3 is 1.28 bits per heavy atom. The molecule has 2 bridgehead atoms. The predicted octanol–water partition coefficient (Wildman–Crippen LogP) is 15.2. The number of aromatic nitrogens is 5. The Labute approximate surface area is 398 Å². The van der Waals surface area contributed by atoms with Gasteiger partial charge in [0.05, 0.1) is 11.4 Å². The second kappa shape index (κ2) is 15.8. The molecule has 322 valence electrons. The summed E-state index contributed by atoms with van der Waals surface area (Å²) in [5.74, 6) is 2.74. The smallest absolute Gasteiger partial charge is 0.164 e. The number of nitrogens with zero attached hydrogens (tertiary/aromatic N) is 5. The predicted molar refractivity (Wildman–Crippen MR) is 276 cm³/mol. The summed E-state index contributed by atoms with van der Waals surface area (Å²) in [7, 11) is 0. The zero-order valence-electron chi connectivity index (χ0n) is 37.2. The van der Waals surface area contributed by atoms with Crippen LogP contribution >= 0.6 is 0 Å². The summed E-state index contributed by atoms with van der Waals surface area (Å²) in [6.07, 6.45) is 0. The molecule has 12 aromatic rings. The Kier molecular flexibility index (Phi) is 8.92. The van der Waals surface area contributed by atoms with Crippen LogP contribution in [0.15, 0.2) is 229 Å². The Morgan fingerprint density at radius 1 is 0.246 bits per heavy atom. The molecule has 0 aliphatic heterocycles. The van der Waals surface area contributed by atoms with Crippen LogP contribution in [0.1, 0.15) is 45.2 Å². The van der Waals surface area contributed by atoms with Gasteiger partial charge in [0, 0.05) is 56.0 Å². The Balaban J connectivity index is 0.855. The van der Waals surface area contributed by atoms with Gasteiger partial charge in [-0.25, -0.2) is 24.9 Å². The number of para-hydroxylation sites is 1. The second-order valence-electron chi connectivity index (χ2n) is 17.9. The van der Waals surface area contributed by atoms with Gasteiger partial charge in [0.1, 0.15) is 11.2 Å². The van der Waals surface area contributed by atoms with Gasteiger partial charge in [-0.3, -0.25) is 0 Å². The molecule has 3 heterocycles. The molecule has 6 nitrogen and oxygen atoms in total. The van der Waals surface area contributed by atoms with Gasteiger partial charge in [-0.15, -0.1) is 0 Å². The first-order valence-electron chi connectivity index (χ1n) is 23.4. The van der Waals surface area contributed by atoms with Crippen molar-refractivity contribution >= 4 is 21.9 Å². The summed E-state index contributed by atoms with van der Waals surface area (Å²) in [5.41, 5.74) is 19.6. The fourth-order valence-corrected chi connectivity index (χ4v) is 10.7. The Hall–Kier alpha value is -9.13. The molecule has 0 saturated carbocycles. The summed E-state index contributed by atoms with van der Waals surface area (Å²) in [4.78, 5) is 25.6. The summed E-state index contributed by atoms with van der Waals surface area (Å²) < 4.78 is 6.12. The highest BCUT2D eigenvalue weighted by molar-refractivity contribution is 6.06. The van der Waals surface area contributed by atoms with Crippen molar-refractivity contribution in [3.05, 3.63) is 258 Å². The average Bonchev–Trinajstić information content (AvgIpc) is 3.81. The van der Waals surface area contributed by atoms with Crippen molar-refractivity contribution in [2.24, 2.45) is 0 Å². The van der Waals surface area contributed by atoms with E-state index in [9.17, 15) is 0 Å². The highest BCUT2D eigenvalue weighted by Crippen LogP contribution is 2.56. The van der Waals surface area contributed by atoms with Crippen LogP contribution in [-0.2, 0) is 0 Å². The van der Waals surface area contributed by atoms with E-state index in [1.807, 2.05) is 66.7 Å². The molecule has 2 unspecified atom stereocenters. The van der Waals surface area contributed by atoms with E-state index in [1.54, 1.807) is 0 Å². The average molecular weight is 882 g/mol. The van der Waals surface area contributed by atoms with E-state index in [0.717, 1.165) is 77.8 Å². The molecule has 15 rings (SSSR count). The summed E-state index contributed by atoms with van der Waals surface area (Å²) in [6.45, 7) is 0. The van der Waals surface area contributed by atoms with Crippen LogP contribution in [-0.4, -0.2) is 24.9 Å². The molecule has 6 heteroatoms. The quantitative estimate of drug-likeness (QED) is 0.159. The topological polar surface area (TPSA) is 77.6 Å². The van der Waals surface area contributed by atoms with Gasteiger partial charge >= 0.3 is 0 Å². The monoisotopic (exact) mass is 881 g/mol. The van der Waals surface area contributed by atoms with Crippen LogP contribution in [0.4, 0.5) is 0 Å². The first-order chi connectivity index (χ1) is 34.2. The van der Waals surface area contributed by atoms with Gasteiger partial charge in [0.15, 0.2) is 23.3 Å². The molecule has 0 amide bonds. The van der Waals surface area contributed by atoms with Crippen molar-refractivity contribution in [3.63, 3.8) is 0 Å². The zero-order valence-corrected chi connectivity index (χ0v) is 37.2. The number of hydrogen-bond donors (Lipinski definition) is 0. The van der Waals surface area contributed by atoms with E-state index >= 15 is 0 Å². The first kappa shape index (κ1) is 39.1. The lowest BCUT2D eigenvalue weighted by Crippen LogP contribution is -2.27. The molecule has 0 N–H and O–H groups in total. The molecule has 0 saturated heterocycles. The standard InChI is InChI=1S/C63H39N5O/c1-4-14-40(15-5-1)60-64-54(39-26-24-38(25-27-39)43-30-33-57-51(34-43)46-20-12-13-23-56(46)69-57)37-55(65-60)44-28-31-49-52(35-44)58-47-21-10-11-22-48(47)59(49)53-36-45(29-32-50(53)58)63-67-61(41-16-6-2-7-17-41)66-62(68-63)42-18-8-3-9-19-42/h1-37,58-59H. The van der Waals surface area contributed by atoms with Crippen LogP contribution in [0.2, 0.25) is 0 Å². The van der Waals surface area contributed by atoms with Crippen molar-refractivity contribution in [1.82, 2.24) is 24.9 Å². The third-order valence-electron chi connectivity index (χ3n) is 13.9. The molecular weight excluding hydrogens is 843 g/mol. The minimum absolute atomic E-state index is 0.0431. The van der Waals surface area contributed by atoms with Crippen molar-refractivity contribution in [3.8, 4) is 79.2 Å². The molecule has 3 aromatic heterocycles. The van der Waals surface area contributed by atoms with E-state index in [2.05, 4.69) is 158 Å². The third kappa shape index (κ3) is 6.60. The fourth-order valence-electron chi connectivity index (χ4n) is 10.7. The lowest BCUT2D eigenvalue weighted by Gasteiger charge is -2.42. The van der Waals surface area contributed by atoms with Gasteiger partial charge < -0.3 is 4.42 Å². The summed E-state index contributed by atoms with van der Waals surface area (Å²) in [5, 5.41) is 2.24. The Bertz CT molecular complexity index is 3900. The van der Waals surface area contributed by atoms with Crippen LogP contribution in [0, 0.1) is 0 Å². The van der Waals surface area contributed by atoms with Crippen LogP contribution < -0.4 is 0 Å². The lowest BCUT2D eigenvalue weighted by molar-refractivity contribution is 0.669. The molecule has 0 spiro atoms. The molecule has 69 heavy (non-hydrogen) atoms. The largest absolute Gasteiger partial charge is 0.456 e. The maximum absolute atomic E-state index is 6.12. The van der Waals surface area contributed by atoms with E-state index in [1.165, 1.54) is 33.4 Å². The van der Waals surface area contributed by atoms with Crippen LogP contribution in [0.5, 0.6) is 0 Å². The fraction of sp³-hybridized carbons (Fsp3) is 0.0317. The maximum Gasteiger partial charge on any atom is 0.164 e. The van der Waals surface area contributed by atoms with Gasteiger partial charge in [-0.05, 0) is 80.9 Å². The molecule has 9 aromatic carbocycles. The first-order valence-corrected chi connectivity index (χ1v) is 23.4. The molecule has 0 fully saturated rings. The minimum Gasteiger partial charge on any atom is -0.456 e. The molecule has 2 atom stereocenters. The van der Waals surface area contributed by atoms with E-state index in [0.29, 0.717) is 23.3 Å². The summed E-state index contributed by atoms with van der Waals surface area (Å²) >= 11 is 0. The minimum atomic E-state index is 0.0431. The van der Waals surface area contributed by atoms with Crippen molar-refractivity contribution in [2.75, 3.05) is 0 Å². The van der Waals surface area contributed by atoms with Crippen molar-refractivity contribution in [1.29, 1.82) is 0 Å². The van der Waals surface area contributed by atoms with Gasteiger partial charge in [0.25, 0.3) is 0 Å². The number of rotatable bonds is 7. The SMILES string of the molecule is c1ccc(-c2nc(-c3ccc(-c4ccc5oc6ccccc6c5c4)cc3)cc(-c3ccc4c(c3)C3c5ccccc5C4c4cc(-c5nc(-c6ccccc6)nc(-c6ccccc6)n5)ccc43)n2)cc1. The van der Waals surface area contributed by atoms with Gasteiger partial charge in [0.2, 0.25) is 0 Å². The highest BCUT2D eigenvalue weighted by Gasteiger charge is 2.41. The van der Waals surface area contributed by atoms with Gasteiger partial charge in [-0.2, -0.15) is 0 Å². The summed E-state index contributed by atoms with van der Waals surface area (Å²) in [6, 6.07) is 78.8. The molecule has 3 aliphatic carbocycles. The number of furan rings is 1. The van der Waals surface area contributed by atoms with E-state index in [4.69, 9.17) is 29.3 Å².